The summed E-state index contributed by atoms with van der Waals surface area (Å²) in [6.45, 7) is 2.00. The average molecular weight is 272 g/mol. The van der Waals surface area contributed by atoms with Crippen molar-refractivity contribution in [3.05, 3.63) is 54.0 Å². The molecule has 0 aliphatic carbocycles. The number of amides is 1. The first-order valence-electron chi connectivity index (χ1n) is 6.35. The van der Waals surface area contributed by atoms with Gasteiger partial charge in [-0.15, -0.1) is 0 Å². The Kier molecular flexibility index (Phi) is 4.94. The summed E-state index contributed by atoms with van der Waals surface area (Å²) in [6.07, 6.45) is 3.93. The van der Waals surface area contributed by atoms with Crippen LogP contribution < -0.4 is 10.2 Å². The molecule has 0 aliphatic rings. The second-order valence-corrected chi connectivity index (χ2v) is 4.09. The summed E-state index contributed by atoms with van der Waals surface area (Å²) in [5.74, 6) is 0.904. The molecule has 20 heavy (non-hydrogen) atoms. The molecule has 5 heteroatoms. The van der Waals surface area contributed by atoms with Crippen molar-refractivity contribution in [1.29, 1.82) is 0 Å². The van der Waals surface area contributed by atoms with E-state index in [9.17, 15) is 4.79 Å². The van der Waals surface area contributed by atoms with Crippen molar-refractivity contribution in [3.8, 4) is 5.75 Å². The Morgan fingerprint density at radius 3 is 2.80 bits per heavy atom. The number of furan rings is 1. The van der Waals surface area contributed by atoms with Crippen molar-refractivity contribution in [2.45, 2.75) is 13.3 Å². The fourth-order valence-corrected chi connectivity index (χ4v) is 1.54. The van der Waals surface area contributed by atoms with Gasteiger partial charge < -0.3 is 9.15 Å². The third-order valence-electron chi connectivity index (χ3n) is 2.63. The minimum atomic E-state index is -0.327. The number of nitrogens with zero attached hydrogens (tertiary/aromatic N) is 1. The standard InChI is InChI=1S/C15H16N2O3/c1-2-12-5-7-13(8-6-12)20-11-15(18)17-16-10-14-4-3-9-19-14/h3-10H,2,11H2,1H3,(H,17,18)/b16-10+. The second-order valence-electron chi connectivity index (χ2n) is 4.09. The van der Waals surface area contributed by atoms with Gasteiger partial charge >= 0.3 is 0 Å². The SMILES string of the molecule is CCc1ccc(OCC(=O)N/N=C/c2ccco2)cc1. The highest BCUT2D eigenvalue weighted by Gasteiger charge is 2.01. The number of hydrogen-bond acceptors (Lipinski definition) is 4. The van der Waals surface area contributed by atoms with Crippen LogP contribution in [-0.4, -0.2) is 18.7 Å². The van der Waals surface area contributed by atoms with Gasteiger partial charge in [0, 0.05) is 0 Å². The van der Waals surface area contributed by atoms with Crippen LogP contribution in [0.1, 0.15) is 18.2 Å². The lowest BCUT2D eigenvalue weighted by Gasteiger charge is -2.05. The number of nitrogens with one attached hydrogen (secondary N) is 1. The Labute approximate surface area is 117 Å². The fourth-order valence-electron chi connectivity index (χ4n) is 1.54. The lowest BCUT2D eigenvalue weighted by atomic mass is 10.2. The van der Waals surface area contributed by atoms with Gasteiger partial charge in [-0.3, -0.25) is 4.79 Å². The topological polar surface area (TPSA) is 63.8 Å². The molecule has 0 spiro atoms. The van der Waals surface area contributed by atoms with Gasteiger partial charge in [-0.2, -0.15) is 5.10 Å². The number of carbonyl (C=O) groups is 1. The average Bonchev–Trinajstić information content (AvgIpc) is 2.99. The van der Waals surface area contributed by atoms with E-state index in [1.54, 1.807) is 12.1 Å². The molecular formula is C15H16N2O3. The number of benzene rings is 1. The highest BCUT2D eigenvalue weighted by atomic mass is 16.5. The Morgan fingerprint density at radius 1 is 1.35 bits per heavy atom. The summed E-state index contributed by atoms with van der Waals surface area (Å²) in [5.41, 5.74) is 3.59. The maximum absolute atomic E-state index is 11.5. The van der Waals surface area contributed by atoms with Gasteiger partial charge in [0.15, 0.2) is 6.61 Å². The van der Waals surface area contributed by atoms with Crippen molar-refractivity contribution in [1.82, 2.24) is 5.43 Å². The van der Waals surface area contributed by atoms with Gasteiger partial charge in [0.1, 0.15) is 11.5 Å². The zero-order chi connectivity index (χ0) is 14.2. The van der Waals surface area contributed by atoms with Crippen molar-refractivity contribution in [3.63, 3.8) is 0 Å². The summed E-state index contributed by atoms with van der Waals surface area (Å²) in [4.78, 5) is 11.5. The molecule has 0 unspecified atom stereocenters. The monoisotopic (exact) mass is 272 g/mol. The quantitative estimate of drug-likeness (QED) is 0.648. The molecule has 0 bridgehead atoms. The maximum Gasteiger partial charge on any atom is 0.277 e. The number of aryl methyl sites for hydroxylation is 1. The van der Waals surface area contributed by atoms with Crippen LogP contribution in [0.3, 0.4) is 0 Å². The van der Waals surface area contributed by atoms with Crippen LogP contribution in [0.2, 0.25) is 0 Å². The van der Waals surface area contributed by atoms with Crippen LogP contribution in [-0.2, 0) is 11.2 Å². The molecule has 0 atom stereocenters. The molecule has 0 fully saturated rings. The van der Waals surface area contributed by atoms with Crippen LogP contribution in [0.4, 0.5) is 0 Å². The fraction of sp³-hybridized carbons (Fsp3) is 0.200. The van der Waals surface area contributed by atoms with Crippen LogP contribution >= 0.6 is 0 Å². The number of ether oxygens (including phenoxy) is 1. The molecule has 5 nitrogen and oxygen atoms in total. The van der Waals surface area contributed by atoms with E-state index in [-0.39, 0.29) is 12.5 Å². The maximum atomic E-state index is 11.5. The molecule has 1 heterocycles. The molecule has 0 radical (unpaired) electrons. The zero-order valence-electron chi connectivity index (χ0n) is 11.2. The summed E-state index contributed by atoms with van der Waals surface area (Å²) >= 11 is 0. The largest absolute Gasteiger partial charge is 0.484 e. The molecule has 1 N–H and O–H groups in total. The predicted octanol–water partition coefficient (Wildman–Crippen LogP) is 2.37. The van der Waals surface area contributed by atoms with E-state index >= 15 is 0 Å². The van der Waals surface area contributed by atoms with Crippen LogP contribution in [0, 0.1) is 0 Å². The Hall–Kier alpha value is -2.56. The molecule has 0 aliphatic heterocycles. The normalized spacial score (nSPS) is 10.7. The van der Waals surface area contributed by atoms with Crippen molar-refractivity contribution >= 4 is 12.1 Å². The van der Waals surface area contributed by atoms with Gasteiger partial charge in [0.25, 0.3) is 5.91 Å². The first-order valence-corrected chi connectivity index (χ1v) is 6.35. The molecule has 1 aromatic heterocycles. The van der Waals surface area contributed by atoms with Gasteiger partial charge in [-0.05, 0) is 36.2 Å². The molecule has 1 amide bonds. The first-order chi connectivity index (χ1) is 9.78. The van der Waals surface area contributed by atoms with Crippen LogP contribution in [0.5, 0.6) is 5.75 Å². The van der Waals surface area contributed by atoms with E-state index in [1.807, 2.05) is 24.3 Å². The second kappa shape index (κ2) is 7.13. The van der Waals surface area contributed by atoms with Gasteiger partial charge in [0.05, 0.1) is 12.5 Å². The molecule has 0 saturated heterocycles. The molecule has 2 aromatic rings. The van der Waals surface area contributed by atoms with E-state index < -0.39 is 0 Å². The third-order valence-corrected chi connectivity index (χ3v) is 2.63. The van der Waals surface area contributed by atoms with E-state index in [0.29, 0.717) is 11.5 Å². The molecule has 104 valence electrons. The molecular weight excluding hydrogens is 256 g/mol. The minimum Gasteiger partial charge on any atom is -0.484 e. The lowest BCUT2D eigenvalue weighted by molar-refractivity contribution is -0.123. The highest BCUT2D eigenvalue weighted by molar-refractivity contribution is 5.81. The number of rotatable bonds is 6. The van der Waals surface area contributed by atoms with E-state index in [1.165, 1.54) is 18.0 Å². The van der Waals surface area contributed by atoms with E-state index in [4.69, 9.17) is 9.15 Å². The number of hydrogen-bond donors (Lipinski definition) is 1. The van der Waals surface area contributed by atoms with Crippen LogP contribution in [0.25, 0.3) is 0 Å². The summed E-state index contributed by atoms with van der Waals surface area (Å²) in [7, 11) is 0. The van der Waals surface area contributed by atoms with Crippen molar-refractivity contribution in [2.75, 3.05) is 6.61 Å². The van der Waals surface area contributed by atoms with Gasteiger partial charge in [-0.1, -0.05) is 19.1 Å². The first kappa shape index (κ1) is 13.9. The van der Waals surface area contributed by atoms with Gasteiger partial charge in [-0.25, -0.2) is 5.43 Å². The Balaban J connectivity index is 1.74. The number of hydrazone groups is 1. The van der Waals surface area contributed by atoms with E-state index in [2.05, 4.69) is 17.5 Å². The predicted molar refractivity (Wildman–Crippen MR) is 75.8 cm³/mol. The highest BCUT2D eigenvalue weighted by Crippen LogP contribution is 2.12. The Bertz CT molecular complexity index is 559. The summed E-state index contributed by atoms with van der Waals surface area (Å²) < 4.78 is 10.4. The summed E-state index contributed by atoms with van der Waals surface area (Å²) in [5, 5.41) is 3.76. The summed E-state index contributed by atoms with van der Waals surface area (Å²) in [6, 6.07) is 11.1. The smallest absolute Gasteiger partial charge is 0.277 e. The molecule has 1 aromatic carbocycles. The zero-order valence-corrected chi connectivity index (χ0v) is 11.2. The van der Waals surface area contributed by atoms with Crippen molar-refractivity contribution in [2.24, 2.45) is 5.10 Å². The Morgan fingerprint density at radius 2 is 2.15 bits per heavy atom. The molecule has 0 saturated carbocycles. The number of carbonyl (C=O) groups excluding carboxylic acids is 1. The van der Waals surface area contributed by atoms with Crippen LogP contribution in [0.15, 0.2) is 52.2 Å². The minimum absolute atomic E-state index is 0.0824. The van der Waals surface area contributed by atoms with Crippen molar-refractivity contribution < 1.29 is 13.9 Å². The third kappa shape index (κ3) is 4.28. The lowest BCUT2D eigenvalue weighted by Crippen LogP contribution is -2.24. The molecule has 2 rings (SSSR count). The van der Waals surface area contributed by atoms with E-state index in [0.717, 1.165) is 6.42 Å². The van der Waals surface area contributed by atoms with Gasteiger partial charge in [0.2, 0.25) is 0 Å².